The van der Waals surface area contributed by atoms with Crippen molar-refractivity contribution in [2.45, 2.75) is 32.6 Å². The minimum atomic E-state index is -0.267. The van der Waals surface area contributed by atoms with Crippen LogP contribution in [0.1, 0.15) is 42.1 Å². The molecule has 0 aliphatic rings. The molecule has 0 bridgehead atoms. The Hall–Kier alpha value is -2.91. The number of thiocarbonyl (C=S) groups is 1. The summed E-state index contributed by atoms with van der Waals surface area (Å²) in [6.07, 6.45) is 3.20. The highest BCUT2D eigenvalue weighted by molar-refractivity contribution is 7.80. The lowest BCUT2D eigenvalue weighted by Crippen LogP contribution is -2.44. The normalized spacial score (nSPS) is 10.1. The average Bonchev–Trinajstić information content (AvgIpc) is 2.75. The van der Waals surface area contributed by atoms with Gasteiger partial charge in [0.15, 0.2) is 5.11 Å². The quantitative estimate of drug-likeness (QED) is 0.467. The molecule has 0 saturated carbocycles. The summed E-state index contributed by atoms with van der Waals surface area (Å²) in [4.78, 5) is 14.4. The lowest BCUT2D eigenvalue weighted by molar-refractivity contribution is 0.0973. The molecule has 0 fully saturated rings. The summed E-state index contributed by atoms with van der Waals surface area (Å²) in [6, 6.07) is 19.2. The highest BCUT2D eigenvalue weighted by atomic mass is 32.1. The minimum Gasteiger partial charge on any atom is -0.494 e. The van der Waals surface area contributed by atoms with E-state index in [1.165, 1.54) is 5.56 Å². The van der Waals surface area contributed by atoms with Gasteiger partial charge < -0.3 is 9.64 Å². The second kappa shape index (κ2) is 12.5. The molecule has 0 heterocycles. The Kier molecular flexibility index (Phi) is 9.67. The fourth-order valence-electron chi connectivity index (χ4n) is 2.69. The third kappa shape index (κ3) is 7.92. The Labute approximate surface area is 178 Å². The zero-order chi connectivity index (χ0) is 20.9. The highest BCUT2D eigenvalue weighted by Crippen LogP contribution is 2.13. The van der Waals surface area contributed by atoms with Gasteiger partial charge in [-0.3, -0.25) is 10.1 Å². The van der Waals surface area contributed by atoms with Gasteiger partial charge >= 0.3 is 0 Å². The van der Waals surface area contributed by atoms with Crippen LogP contribution in [0.3, 0.4) is 0 Å². The smallest absolute Gasteiger partial charge is 0.257 e. The van der Waals surface area contributed by atoms with E-state index in [-0.39, 0.29) is 5.91 Å². The topological polar surface area (TPSA) is 65.4 Å². The SMILES string of the molecule is CCCCOc1ccc(C(=O)NC(=S)N(CCC#N)CCc2ccccc2)cc1. The summed E-state index contributed by atoms with van der Waals surface area (Å²) in [7, 11) is 0. The molecule has 1 amide bonds. The maximum Gasteiger partial charge on any atom is 0.257 e. The van der Waals surface area contributed by atoms with E-state index in [4.69, 9.17) is 22.2 Å². The average molecular weight is 410 g/mol. The van der Waals surface area contributed by atoms with Gasteiger partial charge in [-0.15, -0.1) is 0 Å². The van der Waals surface area contributed by atoms with Crippen molar-refractivity contribution < 1.29 is 9.53 Å². The number of rotatable bonds is 10. The number of nitrogens with one attached hydrogen (secondary N) is 1. The second-order valence-electron chi connectivity index (χ2n) is 6.62. The summed E-state index contributed by atoms with van der Waals surface area (Å²) in [5, 5.41) is 12.0. The van der Waals surface area contributed by atoms with Gasteiger partial charge in [-0.1, -0.05) is 43.7 Å². The lowest BCUT2D eigenvalue weighted by atomic mass is 10.1. The fourth-order valence-corrected chi connectivity index (χ4v) is 2.97. The molecule has 0 radical (unpaired) electrons. The van der Waals surface area contributed by atoms with Crippen LogP contribution >= 0.6 is 12.2 Å². The number of nitriles is 1. The van der Waals surface area contributed by atoms with Crippen LogP contribution < -0.4 is 10.1 Å². The summed E-state index contributed by atoms with van der Waals surface area (Å²) < 4.78 is 5.62. The zero-order valence-electron chi connectivity index (χ0n) is 16.8. The van der Waals surface area contributed by atoms with E-state index >= 15 is 0 Å². The maximum absolute atomic E-state index is 12.5. The van der Waals surface area contributed by atoms with Crippen molar-refractivity contribution in [1.29, 1.82) is 5.26 Å². The van der Waals surface area contributed by atoms with E-state index in [1.807, 2.05) is 35.2 Å². The number of carbonyl (C=O) groups is 1. The zero-order valence-corrected chi connectivity index (χ0v) is 17.6. The maximum atomic E-state index is 12.5. The van der Waals surface area contributed by atoms with Crippen LogP contribution in [0.4, 0.5) is 0 Å². The molecular weight excluding hydrogens is 382 g/mol. The lowest BCUT2D eigenvalue weighted by Gasteiger charge is -2.24. The van der Waals surface area contributed by atoms with Crippen molar-refractivity contribution in [3.05, 3.63) is 65.7 Å². The number of hydrogen-bond donors (Lipinski definition) is 1. The first kappa shape index (κ1) is 22.4. The van der Waals surface area contributed by atoms with Gasteiger partial charge in [0.2, 0.25) is 0 Å². The van der Waals surface area contributed by atoms with Gasteiger partial charge in [-0.2, -0.15) is 5.26 Å². The molecule has 0 spiro atoms. The van der Waals surface area contributed by atoms with Crippen LogP contribution in [0.5, 0.6) is 5.75 Å². The van der Waals surface area contributed by atoms with Crippen molar-refractivity contribution in [2.75, 3.05) is 19.7 Å². The Bertz CT molecular complexity index is 816. The number of nitrogens with zero attached hydrogens (tertiary/aromatic N) is 2. The van der Waals surface area contributed by atoms with Crippen LogP contribution in [0.2, 0.25) is 0 Å². The summed E-state index contributed by atoms with van der Waals surface area (Å²) in [5.74, 6) is 0.480. The molecule has 2 aromatic rings. The molecule has 5 nitrogen and oxygen atoms in total. The summed E-state index contributed by atoms with van der Waals surface area (Å²) in [5.41, 5.74) is 1.70. The van der Waals surface area contributed by atoms with Crippen LogP contribution in [-0.2, 0) is 6.42 Å². The van der Waals surface area contributed by atoms with Crippen molar-refractivity contribution in [1.82, 2.24) is 10.2 Å². The molecule has 2 rings (SSSR count). The summed E-state index contributed by atoms with van der Waals surface area (Å²) in [6.45, 7) is 3.89. The van der Waals surface area contributed by atoms with Gasteiger partial charge in [0, 0.05) is 18.7 Å². The van der Waals surface area contributed by atoms with E-state index in [0.717, 1.165) is 25.0 Å². The van der Waals surface area contributed by atoms with Gasteiger partial charge in [0.1, 0.15) is 5.75 Å². The number of unbranched alkanes of at least 4 members (excludes halogenated alkanes) is 1. The third-order valence-corrected chi connectivity index (χ3v) is 4.76. The second-order valence-corrected chi connectivity index (χ2v) is 7.00. The van der Waals surface area contributed by atoms with Crippen LogP contribution in [0, 0.1) is 11.3 Å². The van der Waals surface area contributed by atoms with Crippen molar-refractivity contribution >= 4 is 23.2 Å². The van der Waals surface area contributed by atoms with Gasteiger partial charge in [0.25, 0.3) is 5.91 Å². The first-order valence-corrected chi connectivity index (χ1v) is 10.3. The number of carbonyl (C=O) groups excluding carboxylic acids is 1. The first-order chi connectivity index (χ1) is 14.1. The van der Waals surface area contributed by atoms with Gasteiger partial charge in [-0.05, 0) is 54.9 Å². The number of ether oxygens (including phenoxy) is 1. The molecule has 152 valence electrons. The van der Waals surface area contributed by atoms with E-state index in [0.29, 0.717) is 36.8 Å². The van der Waals surface area contributed by atoms with Gasteiger partial charge in [-0.25, -0.2) is 0 Å². The molecule has 2 aromatic carbocycles. The molecule has 0 aliphatic carbocycles. The number of benzene rings is 2. The van der Waals surface area contributed by atoms with E-state index in [9.17, 15) is 4.79 Å². The third-order valence-electron chi connectivity index (χ3n) is 4.40. The first-order valence-electron chi connectivity index (χ1n) is 9.88. The number of hydrogen-bond acceptors (Lipinski definition) is 4. The highest BCUT2D eigenvalue weighted by Gasteiger charge is 2.14. The van der Waals surface area contributed by atoms with E-state index in [2.05, 4.69) is 18.3 Å². The molecular formula is C23H27N3O2S. The largest absolute Gasteiger partial charge is 0.494 e. The molecule has 29 heavy (non-hydrogen) atoms. The molecule has 0 saturated heterocycles. The van der Waals surface area contributed by atoms with Crippen LogP contribution in [0.15, 0.2) is 54.6 Å². The van der Waals surface area contributed by atoms with Crippen molar-refractivity contribution in [2.24, 2.45) is 0 Å². The molecule has 0 aromatic heterocycles. The Morgan fingerprint density at radius 1 is 1.14 bits per heavy atom. The predicted molar refractivity (Wildman–Crippen MR) is 119 cm³/mol. The molecule has 0 atom stereocenters. The van der Waals surface area contributed by atoms with Crippen molar-refractivity contribution in [3.8, 4) is 11.8 Å². The number of amides is 1. The summed E-state index contributed by atoms with van der Waals surface area (Å²) >= 11 is 5.44. The van der Waals surface area contributed by atoms with Crippen molar-refractivity contribution in [3.63, 3.8) is 0 Å². The van der Waals surface area contributed by atoms with Crippen LogP contribution in [-0.4, -0.2) is 35.6 Å². The Balaban J connectivity index is 1.92. The monoisotopic (exact) mass is 409 g/mol. The molecule has 0 aliphatic heterocycles. The Morgan fingerprint density at radius 3 is 2.52 bits per heavy atom. The van der Waals surface area contributed by atoms with E-state index in [1.54, 1.807) is 24.3 Å². The standard InChI is InChI=1S/C23H27N3O2S/c1-2-3-18-28-21-12-10-20(11-13-21)22(27)25-23(29)26(16-7-15-24)17-14-19-8-5-4-6-9-19/h4-6,8-13H,2-3,7,14,16-18H2,1H3,(H,25,27,29). The molecule has 0 unspecified atom stereocenters. The Morgan fingerprint density at radius 2 is 1.86 bits per heavy atom. The molecule has 6 heteroatoms. The fraction of sp³-hybridized carbons (Fsp3) is 0.348. The minimum absolute atomic E-state index is 0.267. The van der Waals surface area contributed by atoms with E-state index < -0.39 is 0 Å². The van der Waals surface area contributed by atoms with Gasteiger partial charge in [0.05, 0.1) is 19.1 Å². The van der Waals surface area contributed by atoms with Crippen LogP contribution in [0.25, 0.3) is 0 Å². The molecule has 1 N–H and O–H groups in total. The predicted octanol–water partition coefficient (Wildman–Crippen LogP) is 4.34.